The lowest BCUT2D eigenvalue weighted by molar-refractivity contribution is 0.0967. The van der Waals surface area contributed by atoms with Crippen LogP contribution in [0.1, 0.15) is 49.4 Å². The molecule has 0 unspecified atom stereocenters. The maximum atomic E-state index is 12.4. The summed E-state index contributed by atoms with van der Waals surface area (Å²) in [6, 6.07) is 7.62. The van der Waals surface area contributed by atoms with E-state index < -0.39 is 0 Å². The fraction of sp³-hybridized carbons (Fsp3) is 0.588. The van der Waals surface area contributed by atoms with Crippen LogP contribution < -0.4 is 10.1 Å². The van der Waals surface area contributed by atoms with Crippen molar-refractivity contribution in [3.8, 4) is 5.75 Å². The van der Waals surface area contributed by atoms with Crippen molar-refractivity contribution in [2.75, 3.05) is 19.7 Å². The van der Waals surface area contributed by atoms with Crippen molar-refractivity contribution < 1.29 is 9.53 Å². The summed E-state index contributed by atoms with van der Waals surface area (Å²) < 4.78 is 5.67. The molecule has 0 aromatic heterocycles. The first-order valence-corrected chi connectivity index (χ1v) is 7.77. The van der Waals surface area contributed by atoms with Gasteiger partial charge in [0.2, 0.25) is 0 Å². The maximum Gasteiger partial charge on any atom is 0.166 e. The van der Waals surface area contributed by atoms with Crippen molar-refractivity contribution >= 4 is 5.78 Å². The first-order chi connectivity index (χ1) is 9.81. The van der Waals surface area contributed by atoms with Gasteiger partial charge in [-0.1, -0.05) is 19.1 Å². The third kappa shape index (κ3) is 4.34. The lowest BCUT2D eigenvalue weighted by Gasteiger charge is -2.22. The van der Waals surface area contributed by atoms with Gasteiger partial charge in [0.25, 0.3) is 0 Å². The van der Waals surface area contributed by atoms with Gasteiger partial charge in [0.15, 0.2) is 5.78 Å². The van der Waals surface area contributed by atoms with Gasteiger partial charge in [-0.15, -0.1) is 0 Å². The van der Waals surface area contributed by atoms with Gasteiger partial charge in [-0.2, -0.15) is 0 Å². The largest absolute Gasteiger partial charge is 0.493 e. The van der Waals surface area contributed by atoms with Gasteiger partial charge in [0, 0.05) is 6.42 Å². The highest BCUT2D eigenvalue weighted by Gasteiger charge is 2.17. The molecule has 1 aromatic carbocycles. The van der Waals surface area contributed by atoms with Crippen molar-refractivity contribution in [2.45, 2.75) is 39.0 Å². The molecule has 0 bridgehead atoms. The van der Waals surface area contributed by atoms with Crippen molar-refractivity contribution in [3.63, 3.8) is 0 Å². The van der Waals surface area contributed by atoms with E-state index in [1.807, 2.05) is 24.3 Å². The molecule has 0 saturated carbocycles. The number of carbonyl (C=O) groups excluding carboxylic acids is 1. The average Bonchev–Trinajstić information content (AvgIpc) is 2.52. The molecule has 0 spiro atoms. The predicted octanol–water partition coefficient (Wildman–Crippen LogP) is 3.44. The van der Waals surface area contributed by atoms with Gasteiger partial charge in [0.1, 0.15) is 5.75 Å². The van der Waals surface area contributed by atoms with E-state index >= 15 is 0 Å². The molecule has 0 atom stereocenters. The lowest BCUT2D eigenvalue weighted by atomic mass is 9.91. The molecule has 1 aliphatic rings. The third-order valence-corrected chi connectivity index (χ3v) is 3.89. The molecule has 20 heavy (non-hydrogen) atoms. The van der Waals surface area contributed by atoms with Gasteiger partial charge < -0.3 is 10.1 Å². The molecule has 2 rings (SSSR count). The van der Waals surface area contributed by atoms with Crippen LogP contribution in [0.2, 0.25) is 0 Å². The Labute approximate surface area is 121 Å². The quantitative estimate of drug-likeness (QED) is 0.775. The number of nitrogens with one attached hydrogen (secondary N) is 1. The second kappa shape index (κ2) is 8.05. The van der Waals surface area contributed by atoms with Crippen molar-refractivity contribution in [2.24, 2.45) is 5.92 Å². The highest BCUT2D eigenvalue weighted by molar-refractivity contribution is 5.98. The van der Waals surface area contributed by atoms with E-state index in [4.69, 9.17) is 4.74 Å². The molecule has 0 aliphatic carbocycles. The molecule has 1 N–H and O–H groups in total. The van der Waals surface area contributed by atoms with Gasteiger partial charge in [-0.25, -0.2) is 0 Å². The number of rotatable bonds is 7. The molecule has 1 fully saturated rings. The first-order valence-electron chi connectivity index (χ1n) is 7.77. The molecule has 0 radical (unpaired) electrons. The van der Waals surface area contributed by atoms with Crippen LogP contribution in [0, 0.1) is 5.92 Å². The zero-order valence-electron chi connectivity index (χ0n) is 12.4. The van der Waals surface area contributed by atoms with Crippen LogP contribution in [0.3, 0.4) is 0 Å². The molecule has 1 saturated heterocycles. The highest BCUT2D eigenvalue weighted by Crippen LogP contribution is 2.23. The zero-order chi connectivity index (χ0) is 14.2. The number of benzene rings is 1. The molecule has 0 amide bonds. The number of piperidine rings is 1. The van der Waals surface area contributed by atoms with E-state index in [-0.39, 0.29) is 5.78 Å². The van der Waals surface area contributed by atoms with E-state index in [0.717, 1.165) is 37.2 Å². The minimum Gasteiger partial charge on any atom is -0.493 e. The topological polar surface area (TPSA) is 38.3 Å². The predicted molar refractivity (Wildman–Crippen MR) is 81.4 cm³/mol. The van der Waals surface area contributed by atoms with Crippen molar-refractivity contribution in [1.82, 2.24) is 5.32 Å². The Balaban J connectivity index is 1.90. The minimum atomic E-state index is 0.218. The smallest absolute Gasteiger partial charge is 0.166 e. The number of Topliss-reactive ketones (excluding diaryl/α,β-unsaturated/α-hetero) is 1. The summed E-state index contributed by atoms with van der Waals surface area (Å²) in [4.78, 5) is 12.4. The van der Waals surface area contributed by atoms with E-state index in [0.29, 0.717) is 18.9 Å². The van der Waals surface area contributed by atoms with Crippen molar-refractivity contribution in [1.29, 1.82) is 0 Å². The van der Waals surface area contributed by atoms with Crippen LogP contribution in [0.5, 0.6) is 5.75 Å². The highest BCUT2D eigenvalue weighted by atomic mass is 16.5. The summed E-state index contributed by atoms with van der Waals surface area (Å²) in [5.41, 5.74) is 0.745. The molecule has 1 heterocycles. The van der Waals surface area contributed by atoms with Gasteiger partial charge in [-0.05, 0) is 56.8 Å². The van der Waals surface area contributed by atoms with Crippen LogP contribution in [0.25, 0.3) is 0 Å². The Morgan fingerprint density at radius 1 is 1.30 bits per heavy atom. The summed E-state index contributed by atoms with van der Waals surface area (Å²) in [6.07, 6.45) is 4.99. The van der Waals surface area contributed by atoms with Gasteiger partial charge >= 0.3 is 0 Å². The Morgan fingerprint density at radius 2 is 2.05 bits per heavy atom. The van der Waals surface area contributed by atoms with Crippen molar-refractivity contribution in [3.05, 3.63) is 29.8 Å². The number of carbonyl (C=O) groups is 1. The van der Waals surface area contributed by atoms with Crippen LogP contribution in [-0.4, -0.2) is 25.5 Å². The van der Waals surface area contributed by atoms with Gasteiger partial charge in [0.05, 0.1) is 12.2 Å². The van der Waals surface area contributed by atoms with E-state index in [9.17, 15) is 4.79 Å². The normalized spacial score (nSPS) is 16.1. The fourth-order valence-corrected chi connectivity index (χ4v) is 2.68. The Morgan fingerprint density at radius 3 is 2.80 bits per heavy atom. The average molecular weight is 275 g/mol. The molecule has 1 aliphatic heterocycles. The molecule has 3 heteroatoms. The van der Waals surface area contributed by atoms with Crippen LogP contribution in [0.4, 0.5) is 0 Å². The number of ether oxygens (including phenoxy) is 1. The van der Waals surface area contributed by atoms with Crippen LogP contribution >= 0.6 is 0 Å². The number of hydrogen-bond donors (Lipinski definition) is 1. The molecular formula is C17H25NO2. The number of ketones is 1. The Bertz CT molecular complexity index is 425. The molecule has 110 valence electrons. The molecule has 1 aromatic rings. The maximum absolute atomic E-state index is 12.4. The second-order valence-corrected chi connectivity index (χ2v) is 5.50. The van der Waals surface area contributed by atoms with Crippen LogP contribution in [0.15, 0.2) is 24.3 Å². The standard InChI is InChI=1S/C17H25NO2/c1-2-13-20-17-6-4-3-5-15(17)16(19)8-7-14-9-11-18-12-10-14/h3-6,14,18H,2,7-13H2,1H3. The third-order valence-electron chi connectivity index (χ3n) is 3.89. The minimum absolute atomic E-state index is 0.218. The van der Waals surface area contributed by atoms with E-state index in [1.54, 1.807) is 0 Å². The summed E-state index contributed by atoms with van der Waals surface area (Å²) in [5, 5.41) is 3.36. The van der Waals surface area contributed by atoms with E-state index in [1.165, 1.54) is 12.8 Å². The zero-order valence-corrected chi connectivity index (χ0v) is 12.4. The monoisotopic (exact) mass is 275 g/mol. The fourth-order valence-electron chi connectivity index (χ4n) is 2.68. The van der Waals surface area contributed by atoms with E-state index in [2.05, 4.69) is 12.2 Å². The molecular weight excluding hydrogens is 250 g/mol. The number of hydrogen-bond acceptors (Lipinski definition) is 3. The first kappa shape index (κ1) is 15.0. The van der Waals surface area contributed by atoms with Crippen LogP contribution in [-0.2, 0) is 0 Å². The number of para-hydroxylation sites is 1. The SMILES string of the molecule is CCCOc1ccccc1C(=O)CCC1CCNCC1. The lowest BCUT2D eigenvalue weighted by Crippen LogP contribution is -2.28. The summed E-state index contributed by atoms with van der Waals surface area (Å²) >= 11 is 0. The molecule has 3 nitrogen and oxygen atoms in total. The van der Waals surface area contributed by atoms with Gasteiger partial charge in [-0.3, -0.25) is 4.79 Å². The summed E-state index contributed by atoms with van der Waals surface area (Å²) in [6.45, 7) is 4.92. The summed E-state index contributed by atoms with van der Waals surface area (Å²) in [5.74, 6) is 1.66. The Kier molecular flexibility index (Phi) is 6.06. The summed E-state index contributed by atoms with van der Waals surface area (Å²) in [7, 11) is 0. The Hall–Kier alpha value is -1.35. The second-order valence-electron chi connectivity index (χ2n) is 5.50.